The van der Waals surface area contributed by atoms with Crippen LogP contribution in [0.3, 0.4) is 0 Å². The van der Waals surface area contributed by atoms with Crippen LogP contribution in [0.4, 0.5) is 0 Å². The van der Waals surface area contributed by atoms with Gasteiger partial charge in [0.1, 0.15) is 0 Å². The van der Waals surface area contributed by atoms with Crippen molar-refractivity contribution in [1.82, 2.24) is 30.3 Å². The molecule has 3 rings (SSSR count). The largest absolute Gasteiger partial charge is 0.351 e. The molecule has 0 spiro atoms. The highest BCUT2D eigenvalue weighted by atomic mass is 35.5. The van der Waals surface area contributed by atoms with Crippen molar-refractivity contribution in [2.45, 2.75) is 44.5 Å². The number of hydrogen-bond acceptors (Lipinski definition) is 6. The second kappa shape index (κ2) is 9.84. The summed E-state index contributed by atoms with van der Waals surface area (Å²) in [7, 11) is 0. The molecule has 0 saturated carbocycles. The van der Waals surface area contributed by atoms with Crippen LogP contribution in [0.25, 0.3) is 5.69 Å². The molecule has 0 bridgehead atoms. The first-order valence-electron chi connectivity index (χ1n) is 9.41. The van der Waals surface area contributed by atoms with Gasteiger partial charge in [-0.05, 0) is 50.6 Å². The summed E-state index contributed by atoms with van der Waals surface area (Å²) in [6.45, 7) is 6.56. The summed E-state index contributed by atoms with van der Waals surface area (Å²) in [5.41, 5.74) is 3.59. The fourth-order valence-electron chi connectivity index (χ4n) is 2.75. The molecule has 152 valence electrons. The number of nitrogens with one attached hydrogen (secondary N) is 1. The summed E-state index contributed by atoms with van der Waals surface area (Å²) in [5, 5.41) is 12.6. The van der Waals surface area contributed by atoms with Gasteiger partial charge < -0.3 is 5.32 Å². The predicted molar refractivity (Wildman–Crippen MR) is 115 cm³/mol. The lowest BCUT2D eigenvalue weighted by atomic mass is 10.2. The highest BCUT2D eigenvalue weighted by molar-refractivity contribution is 7.98. The van der Waals surface area contributed by atoms with Gasteiger partial charge in [-0.3, -0.25) is 4.79 Å². The van der Waals surface area contributed by atoms with E-state index in [9.17, 15) is 4.79 Å². The lowest BCUT2D eigenvalue weighted by molar-refractivity contribution is 0.0947. The number of carbonyl (C=O) groups is 1. The van der Waals surface area contributed by atoms with Crippen LogP contribution in [0.2, 0.25) is 5.02 Å². The van der Waals surface area contributed by atoms with E-state index < -0.39 is 0 Å². The minimum atomic E-state index is -0.226. The number of unbranched alkanes of at least 4 members (excludes halogenated alkanes) is 1. The maximum atomic E-state index is 12.7. The Balaban J connectivity index is 1.90. The van der Waals surface area contributed by atoms with Gasteiger partial charge in [0.05, 0.1) is 11.4 Å². The molecule has 0 fully saturated rings. The number of benzene rings is 1. The van der Waals surface area contributed by atoms with Crippen LogP contribution < -0.4 is 5.32 Å². The maximum Gasteiger partial charge on any atom is 0.273 e. The van der Waals surface area contributed by atoms with Crippen molar-refractivity contribution in [3.8, 4) is 5.69 Å². The predicted octanol–water partition coefficient (Wildman–Crippen LogP) is 4.15. The molecular weight excluding hydrogens is 408 g/mol. The Hall–Kier alpha value is -2.45. The minimum Gasteiger partial charge on any atom is -0.351 e. The fraction of sp³-hybridized carbons (Fsp3) is 0.350. The minimum absolute atomic E-state index is 0.226. The topological polar surface area (TPSA) is 85.6 Å². The van der Waals surface area contributed by atoms with Gasteiger partial charge in [0.15, 0.2) is 10.9 Å². The molecule has 0 radical (unpaired) electrons. The highest BCUT2D eigenvalue weighted by Gasteiger charge is 2.21. The zero-order chi connectivity index (χ0) is 20.8. The molecule has 1 N–H and O–H groups in total. The Bertz CT molecular complexity index is 969. The lowest BCUT2D eigenvalue weighted by Crippen LogP contribution is -2.26. The first kappa shape index (κ1) is 21.3. The molecule has 9 heteroatoms. The molecule has 2 heterocycles. The third kappa shape index (κ3) is 5.55. The number of carbonyl (C=O) groups excluding carboxylic acids is 1. The normalized spacial score (nSPS) is 10.9. The molecule has 2 aromatic heterocycles. The van der Waals surface area contributed by atoms with Crippen molar-refractivity contribution in [2.24, 2.45) is 0 Å². The van der Waals surface area contributed by atoms with Gasteiger partial charge in [0.25, 0.3) is 5.91 Å². The molecule has 0 unspecified atom stereocenters. The van der Waals surface area contributed by atoms with Gasteiger partial charge in [-0.2, -0.15) is 0 Å². The third-order valence-corrected chi connectivity index (χ3v) is 5.28. The molecule has 0 saturated heterocycles. The van der Waals surface area contributed by atoms with Crippen molar-refractivity contribution in [2.75, 3.05) is 6.54 Å². The number of halogens is 1. The van der Waals surface area contributed by atoms with E-state index in [1.54, 1.807) is 16.8 Å². The summed E-state index contributed by atoms with van der Waals surface area (Å²) in [4.78, 5) is 21.6. The smallest absolute Gasteiger partial charge is 0.273 e. The summed E-state index contributed by atoms with van der Waals surface area (Å²) < 4.78 is 1.67. The lowest BCUT2D eigenvalue weighted by Gasteiger charge is -2.09. The van der Waals surface area contributed by atoms with E-state index in [1.807, 2.05) is 32.0 Å². The molecule has 1 aromatic carbocycles. The van der Waals surface area contributed by atoms with E-state index in [1.165, 1.54) is 11.8 Å². The van der Waals surface area contributed by atoms with E-state index in [-0.39, 0.29) is 5.91 Å². The van der Waals surface area contributed by atoms with Crippen LogP contribution in [0, 0.1) is 13.8 Å². The van der Waals surface area contributed by atoms with Gasteiger partial charge in [0.2, 0.25) is 0 Å². The number of thioether (sulfide) groups is 1. The first-order valence-corrected chi connectivity index (χ1v) is 10.8. The van der Waals surface area contributed by atoms with Crippen LogP contribution in [0.15, 0.2) is 35.5 Å². The average Bonchev–Trinajstić information content (AvgIpc) is 3.10. The summed E-state index contributed by atoms with van der Waals surface area (Å²) in [5.74, 6) is 0.227. The van der Waals surface area contributed by atoms with Gasteiger partial charge in [0, 0.05) is 28.7 Å². The van der Waals surface area contributed by atoms with E-state index in [4.69, 9.17) is 11.6 Å². The Morgan fingerprint density at radius 2 is 1.86 bits per heavy atom. The molecule has 1 amide bonds. The van der Waals surface area contributed by atoms with Crippen molar-refractivity contribution in [3.63, 3.8) is 0 Å². The number of rotatable bonds is 8. The van der Waals surface area contributed by atoms with E-state index in [0.717, 1.165) is 29.9 Å². The molecule has 29 heavy (non-hydrogen) atoms. The van der Waals surface area contributed by atoms with Gasteiger partial charge >= 0.3 is 0 Å². The summed E-state index contributed by atoms with van der Waals surface area (Å²) in [6, 6.07) is 9.18. The van der Waals surface area contributed by atoms with Crippen LogP contribution in [0.1, 0.15) is 47.3 Å². The van der Waals surface area contributed by atoms with E-state index >= 15 is 0 Å². The number of aryl methyl sites for hydroxylation is 2. The molecule has 0 aliphatic rings. The van der Waals surface area contributed by atoms with Crippen LogP contribution in [-0.2, 0) is 5.75 Å². The third-order valence-electron chi connectivity index (χ3n) is 4.17. The molecule has 0 aliphatic heterocycles. The quantitative estimate of drug-likeness (QED) is 0.328. The van der Waals surface area contributed by atoms with Crippen LogP contribution in [0.5, 0.6) is 0 Å². The van der Waals surface area contributed by atoms with Gasteiger partial charge in [-0.25, -0.2) is 14.6 Å². The first-order chi connectivity index (χ1) is 14.0. The number of aromatic nitrogens is 5. The molecule has 0 aliphatic carbocycles. The maximum absolute atomic E-state index is 12.7. The fourth-order valence-corrected chi connectivity index (χ4v) is 3.82. The summed E-state index contributed by atoms with van der Waals surface area (Å²) in [6.07, 6.45) is 1.92. The Morgan fingerprint density at radius 1 is 1.17 bits per heavy atom. The van der Waals surface area contributed by atoms with Crippen molar-refractivity contribution in [3.05, 3.63) is 58.1 Å². The van der Waals surface area contributed by atoms with Gasteiger partial charge in [-0.1, -0.05) is 41.9 Å². The number of nitrogens with zero attached hydrogens (tertiary/aromatic N) is 5. The Labute approximate surface area is 179 Å². The van der Waals surface area contributed by atoms with Crippen LogP contribution in [-0.4, -0.2) is 37.4 Å². The van der Waals surface area contributed by atoms with Crippen molar-refractivity contribution >= 4 is 29.3 Å². The van der Waals surface area contributed by atoms with Crippen LogP contribution >= 0.6 is 23.4 Å². The van der Waals surface area contributed by atoms with E-state index in [0.29, 0.717) is 33.9 Å². The highest BCUT2D eigenvalue weighted by Crippen LogP contribution is 2.24. The van der Waals surface area contributed by atoms with Crippen molar-refractivity contribution < 1.29 is 4.79 Å². The zero-order valence-corrected chi connectivity index (χ0v) is 18.2. The Kier molecular flexibility index (Phi) is 7.22. The number of hydrogen-bond donors (Lipinski definition) is 1. The number of amides is 1. The second-order valence-corrected chi connectivity index (χ2v) is 7.98. The molecular formula is C20H23ClN6OS. The van der Waals surface area contributed by atoms with Gasteiger partial charge in [-0.15, -0.1) is 5.10 Å². The zero-order valence-electron chi connectivity index (χ0n) is 16.6. The van der Waals surface area contributed by atoms with E-state index in [2.05, 4.69) is 32.5 Å². The average molecular weight is 431 g/mol. The van der Waals surface area contributed by atoms with Crippen molar-refractivity contribution in [1.29, 1.82) is 0 Å². The second-order valence-electron chi connectivity index (χ2n) is 6.60. The summed E-state index contributed by atoms with van der Waals surface area (Å²) >= 11 is 7.46. The monoisotopic (exact) mass is 430 g/mol. The standard InChI is InChI=1S/C20H23ClN6OS/c1-4-5-10-22-19(28)18-17(12-29-20-23-13(2)11-14(3)24-20)27(26-25-18)16-8-6-15(21)7-9-16/h6-9,11H,4-5,10,12H2,1-3H3,(H,22,28). The molecule has 7 nitrogen and oxygen atoms in total. The molecule has 3 aromatic rings. The Morgan fingerprint density at radius 3 is 2.52 bits per heavy atom. The molecule has 0 atom stereocenters. The SMILES string of the molecule is CCCCNC(=O)c1nnn(-c2ccc(Cl)cc2)c1CSc1nc(C)cc(C)n1.